The van der Waals surface area contributed by atoms with E-state index in [1.165, 1.54) is 0 Å². The van der Waals surface area contributed by atoms with Gasteiger partial charge in [0.2, 0.25) is 0 Å². The summed E-state index contributed by atoms with van der Waals surface area (Å²) in [6, 6.07) is 15.9. The Morgan fingerprint density at radius 1 is 1.14 bits per heavy atom. The van der Waals surface area contributed by atoms with E-state index in [1.807, 2.05) is 48.7 Å². The Hall–Kier alpha value is -1.62. The number of carbonyl (C=O) groups excluding carboxylic acids is 1. The van der Waals surface area contributed by atoms with Crippen LogP contribution in [0.15, 0.2) is 54.7 Å². The third kappa shape index (κ3) is 2.75. The van der Waals surface area contributed by atoms with Crippen molar-refractivity contribution in [2.45, 2.75) is 19.9 Å². The molecular formula is C18H16INO. The highest BCUT2D eigenvalue weighted by Gasteiger charge is 2.16. The van der Waals surface area contributed by atoms with Gasteiger partial charge in [0.15, 0.2) is 5.78 Å². The van der Waals surface area contributed by atoms with Crippen LogP contribution in [0.2, 0.25) is 0 Å². The van der Waals surface area contributed by atoms with E-state index >= 15 is 0 Å². The van der Waals surface area contributed by atoms with Crippen LogP contribution >= 0.6 is 22.6 Å². The molecule has 0 unspecified atom stereocenters. The van der Waals surface area contributed by atoms with Crippen LogP contribution in [0.4, 0.5) is 0 Å². The van der Waals surface area contributed by atoms with Gasteiger partial charge in [-0.1, -0.05) is 37.3 Å². The molecular weight excluding hydrogens is 373 g/mol. The van der Waals surface area contributed by atoms with E-state index in [9.17, 15) is 4.79 Å². The lowest BCUT2D eigenvalue weighted by molar-refractivity contribution is 0.104. The van der Waals surface area contributed by atoms with Gasteiger partial charge in [0.25, 0.3) is 0 Å². The minimum atomic E-state index is 0.0968. The maximum absolute atomic E-state index is 12.8. The molecule has 3 aromatic rings. The topological polar surface area (TPSA) is 22.0 Å². The number of hydrogen-bond acceptors (Lipinski definition) is 1. The van der Waals surface area contributed by atoms with Gasteiger partial charge in [-0.3, -0.25) is 4.79 Å². The number of nitrogens with zero attached hydrogens (tertiary/aromatic N) is 1. The molecule has 2 nitrogen and oxygen atoms in total. The third-order valence-corrected chi connectivity index (χ3v) is 4.26. The number of aryl methyl sites for hydroxylation is 1. The van der Waals surface area contributed by atoms with Gasteiger partial charge in [-0.05, 0) is 47.2 Å². The number of carbonyl (C=O) groups is 1. The maximum atomic E-state index is 12.8. The average molecular weight is 389 g/mol. The van der Waals surface area contributed by atoms with Crippen molar-refractivity contribution in [3.8, 4) is 0 Å². The fourth-order valence-electron chi connectivity index (χ4n) is 2.64. The van der Waals surface area contributed by atoms with Gasteiger partial charge < -0.3 is 4.57 Å². The van der Waals surface area contributed by atoms with Crippen molar-refractivity contribution >= 4 is 39.3 Å². The molecule has 0 saturated carbocycles. The molecule has 0 fully saturated rings. The van der Waals surface area contributed by atoms with Crippen molar-refractivity contribution in [3.63, 3.8) is 0 Å². The van der Waals surface area contributed by atoms with Crippen molar-refractivity contribution < 1.29 is 4.79 Å². The van der Waals surface area contributed by atoms with Gasteiger partial charge in [-0.15, -0.1) is 0 Å². The van der Waals surface area contributed by atoms with Crippen molar-refractivity contribution in [3.05, 3.63) is 69.4 Å². The Morgan fingerprint density at radius 3 is 2.71 bits per heavy atom. The predicted octanol–water partition coefficient (Wildman–Crippen LogP) is 4.89. The van der Waals surface area contributed by atoms with E-state index in [-0.39, 0.29) is 5.78 Å². The lowest BCUT2D eigenvalue weighted by Crippen LogP contribution is -2.01. The van der Waals surface area contributed by atoms with Crippen LogP contribution < -0.4 is 0 Å². The molecule has 0 atom stereocenters. The first kappa shape index (κ1) is 14.3. The van der Waals surface area contributed by atoms with Crippen LogP contribution in [-0.2, 0) is 6.54 Å². The molecule has 3 rings (SSSR count). The minimum absolute atomic E-state index is 0.0968. The largest absolute Gasteiger partial charge is 0.347 e. The van der Waals surface area contributed by atoms with E-state index in [0.29, 0.717) is 0 Å². The molecule has 0 aliphatic heterocycles. The molecule has 0 N–H and O–H groups in total. The lowest BCUT2D eigenvalue weighted by Gasteiger charge is -2.01. The first-order valence-electron chi connectivity index (χ1n) is 7.09. The molecule has 1 aromatic heterocycles. The summed E-state index contributed by atoms with van der Waals surface area (Å²) in [7, 11) is 0. The summed E-state index contributed by atoms with van der Waals surface area (Å²) in [5.74, 6) is 0.0968. The molecule has 0 aliphatic rings. The fraction of sp³-hybridized carbons (Fsp3) is 0.167. The molecule has 0 bridgehead atoms. The zero-order chi connectivity index (χ0) is 14.8. The molecule has 2 aromatic carbocycles. The van der Waals surface area contributed by atoms with Crippen molar-refractivity contribution in [2.24, 2.45) is 0 Å². The number of rotatable bonds is 4. The lowest BCUT2D eigenvalue weighted by atomic mass is 10.0. The molecule has 3 heteroatoms. The fourth-order valence-corrected chi connectivity index (χ4v) is 3.18. The molecule has 106 valence electrons. The predicted molar refractivity (Wildman–Crippen MR) is 94.8 cm³/mol. The quantitative estimate of drug-likeness (QED) is 0.460. The normalized spacial score (nSPS) is 11.0. The van der Waals surface area contributed by atoms with Gasteiger partial charge in [-0.25, -0.2) is 0 Å². The SMILES string of the molecule is CCCn1cc(C(=O)c2cccc(I)c2)c2ccccc21. The Bertz CT molecular complexity index is 804. The van der Waals surface area contributed by atoms with Gasteiger partial charge in [0, 0.05) is 38.3 Å². The molecule has 1 heterocycles. The van der Waals surface area contributed by atoms with Crippen LogP contribution in [0, 0.1) is 3.57 Å². The van der Waals surface area contributed by atoms with Crippen LogP contribution in [0.5, 0.6) is 0 Å². The number of aromatic nitrogens is 1. The Morgan fingerprint density at radius 2 is 1.95 bits per heavy atom. The van der Waals surface area contributed by atoms with Crippen molar-refractivity contribution in [2.75, 3.05) is 0 Å². The summed E-state index contributed by atoms with van der Waals surface area (Å²) in [4.78, 5) is 12.8. The minimum Gasteiger partial charge on any atom is -0.347 e. The van der Waals surface area contributed by atoms with E-state index < -0.39 is 0 Å². The highest BCUT2D eigenvalue weighted by Crippen LogP contribution is 2.24. The standard InChI is InChI=1S/C18H16INO/c1-2-10-20-12-16(15-8-3-4-9-17(15)20)18(21)13-6-5-7-14(19)11-13/h3-9,11-12H,2,10H2,1H3. The molecule has 0 amide bonds. The van der Waals surface area contributed by atoms with Crippen LogP contribution in [0.3, 0.4) is 0 Å². The molecule has 0 radical (unpaired) electrons. The second-order valence-electron chi connectivity index (χ2n) is 5.09. The first-order valence-corrected chi connectivity index (χ1v) is 8.16. The number of halogens is 1. The summed E-state index contributed by atoms with van der Waals surface area (Å²) in [5.41, 5.74) is 2.68. The second-order valence-corrected chi connectivity index (χ2v) is 6.34. The second kappa shape index (κ2) is 6.02. The monoisotopic (exact) mass is 389 g/mol. The summed E-state index contributed by atoms with van der Waals surface area (Å²) in [5, 5.41) is 1.04. The zero-order valence-corrected chi connectivity index (χ0v) is 14.0. The number of ketones is 1. The Kier molecular flexibility index (Phi) is 4.10. The van der Waals surface area contributed by atoms with Gasteiger partial charge in [0.1, 0.15) is 0 Å². The summed E-state index contributed by atoms with van der Waals surface area (Å²) in [6.07, 6.45) is 3.05. The molecule has 0 saturated heterocycles. The maximum Gasteiger partial charge on any atom is 0.195 e. The smallest absolute Gasteiger partial charge is 0.195 e. The van der Waals surface area contributed by atoms with E-state index in [1.54, 1.807) is 0 Å². The summed E-state index contributed by atoms with van der Waals surface area (Å²) < 4.78 is 3.26. The highest BCUT2D eigenvalue weighted by molar-refractivity contribution is 14.1. The van der Waals surface area contributed by atoms with E-state index in [0.717, 1.165) is 38.6 Å². The van der Waals surface area contributed by atoms with Crippen LogP contribution in [0.1, 0.15) is 29.3 Å². The number of fused-ring (bicyclic) bond motifs is 1. The van der Waals surface area contributed by atoms with Crippen LogP contribution in [-0.4, -0.2) is 10.4 Å². The van der Waals surface area contributed by atoms with Crippen molar-refractivity contribution in [1.29, 1.82) is 0 Å². The van der Waals surface area contributed by atoms with Crippen LogP contribution in [0.25, 0.3) is 10.9 Å². The molecule has 0 spiro atoms. The van der Waals surface area contributed by atoms with Crippen molar-refractivity contribution in [1.82, 2.24) is 4.57 Å². The Labute approximate surface area is 137 Å². The molecule has 0 aliphatic carbocycles. The van der Waals surface area contributed by atoms with Gasteiger partial charge in [0.05, 0.1) is 0 Å². The summed E-state index contributed by atoms with van der Waals surface area (Å²) >= 11 is 2.24. The third-order valence-electron chi connectivity index (χ3n) is 3.58. The first-order chi connectivity index (χ1) is 10.2. The number of benzene rings is 2. The summed E-state index contributed by atoms with van der Waals surface area (Å²) in [6.45, 7) is 3.08. The average Bonchev–Trinajstić information content (AvgIpc) is 2.86. The molecule has 21 heavy (non-hydrogen) atoms. The number of para-hydroxylation sites is 1. The Balaban J connectivity index is 2.14. The number of hydrogen-bond donors (Lipinski definition) is 0. The van der Waals surface area contributed by atoms with E-state index in [2.05, 4.69) is 40.1 Å². The van der Waals surface area contributed by atoms with Gasteiger partial charge in [-0.2, -0.15) is 0 Å². The zero-order valence-electron chi connectivity index (χ0n) is 11.8. The van der Waals surface area contributed by atoms with Gasteiger partial charge >= 0.3 is 0 Å². The van der Waals surface area contributed by atoms with E-state index in [4.69, 9.17) is 0 Å². The highest BCUT2D eigenvalue weighted by atomic mass is 127.